The van der Waals surface area contributed by atoms with Crippen LogP contribution in [0.3, 0.4) is 0 Å². The van der Waals surface area contributed by atoms with Crippen molar-refractivity contribution in [2.24, 2.45) is 0 Å². The van der Waals surface area contributed by atoms with Crippen LogP contribution in [0.1, 0.15) is 156 Å². The quantitative estimate of drug-likeness (QED) is 0.156. The molecule has 0 fully saturated rings. The Morgan fingerprint density at radius 2 is 0.968 bits per heavy atom. The summed E-state index contributed by atoms with van der Waals surface area (Å²) in [5.74, 6) is 0. The topological polar surface area (TPSA) is 6.48 Å². The van der Waals surface area contributed by atoms with Crippen molar-refractivity contribution >= 4 is 0 Å². The Labute approximate surface area is 197 Å². The highest BCUT2D eigenvalue weighted by Gasteiger charge is 2.26. The number of rotatable bonds is 22. The van der Waals surface area contributed by atoms with Crippen LogP contribution in [0.25, 0.3) is 0 Å². The van der Waals surface area contributed by atoms with Gasteiger partial charge in [0.2, 0.25) is 0 Å². The van der Waals surface area contributed by atoms with Crippen LogP contribution in [-0.4, -0.2) is 28.6 Å². The van der Waals surface area contributed by atoms with Crippen LogP contribution in [0.4, 0.5) is 0 Å². The highest BCUT2D eigenvalue weighted by molar-refractivity contribution is 4.98. The zero-order valence-electron chi connectivity index (χ0n) is 22.1. The van der Waals surface area contributed by atoms with E-state index >= 15 is 0 Å². The Morgan fingerprint density at radius 1 is 0.548 bits per heavy atom. The predicted molar refractivity (Wildman–Crippen MR) is 140 cm³/mol. The Morgan fingerprint density at radius 3 is 1.42 bits per heavy atom. The average Bonchev–Trinajstić information content (AvgIpc) is 3.17. The molecule has 0 saturated carbocycles. The van der Waals surface area contributed by atoms with Gasteiger partial charge in [-0.2, -0.15) is 0 Å². The van der Waals surface area contributed by atoms with E-state index < -0.39 is 0 Å². The van der Waals surface area contributed by atoms with Gasteiger partial charge in [0.25, 0.3) is 0 Å². The minimum absolute atomic E-state index is 0.609. The summed E-state index contributed by atoms with van der Waals surface area (Å²) < 4.78 is 0. The third kappa shape index (κ3) is 14.2. The maximum absolute atomic E-state index is 2.64. The van der Waals surface area contributed by atoms with E-state index in [-0.39, 0.29) is 0 Å². The molecule has 0 spiro atoms. The molecule has 2 heteroatoms. The smallest absolute Gasteiger partial charge is 0.101 e. The molecule has 0 N–H and O–H groups in total. The zero-order valence-corrected chi connectivity index (χ0v) is 22.1. The first-order valence-corrected chi connectivity index (χ1v) is 14.4. The summed E-state index contributed by atoms with van der Waals surface area (Å²) in [6.45, 7) is 10.5. The molecular formula is C29H58N2. The Bertz CT molecular complexity index is 404. The van der Waals surface area contributed by atoms with E-state index in [2.05, 4.69) is 49.9 Å². The van der Waals surface area contributed by atoms with Gasteiger partial charge in [0.05, 0.1) is 0 Å². The normalized spacial score (nSPS) is 16.2. The summed E-state index contributed by atoms with van der Waals surface area (Å²) in [5, 5.41) is 0. The molecular weight excluding hydrogens is 376 g/mol. The standard InChI is InChI=1S/C29H58N2/c1-5-7-9-11-12-13-14-15-16-17-18-19-21-23-25-30-26-27-31(28(3)4)29(30)24-22-20-10-8-6-2/h26-29H,5-25H2,1-4H3. The zero-order chi connectivity index (χ0) is 22.6. The van der Waals surface area contributed by atoms with E-state index in [1.54, 1.807) is 0 Å². The fourth-order valence-corrected chi connectivity index (χ4v) is 5.01. The molecule has 0 aliphatic carbocycles. The summed E-state index contributed by atoms with van der Waals surface area (Å²) >= 11 is 0. The average molecular weight is 435 g/mol. The van der Waals surface area contributed by atoms with Crippen molar-refractivity contribution in [2.75, 3.05) is 6.54 Å². The van der Waals surface area contributed by atoms with E-state index in [1.807, 2.05) is 0 Å². The molecule has 0 aromatic rings. The molecule has 0 bridgehead atoms. The van der Waals surface area contributed by atoms with Crippen LogP contribution in [0.5, 0.6) is 0 Å². The second-order valence-corrected chi connectivity index (χ2v) is 10.4. The van der Waals surface area contributed by atoms with E-state index in [0.29, 0.717) is 12.2 Å². The summed E-state index contributed by atoms with van der Waals surface area (Å²) in [4.78, 5) is 5.23. The summed E-state index contributed by atoms with van der Waals surface area (Å²) in [6.07, 6.45) is 33.8. The van der Waals surface area contributed by atoms with Crippen molar-refractivity contribution in [3.05, 3.63) is 12.4 Å². The van der Waals surface area contributed by atoms with Crippen LogP contribution in [-0.2, 0) is 0 Å². The first-order valence-electron chi connectivity index (χ1n) is 14.4. The van der Waals surface area contributed by atoms with Gasteiger partial charge in [-0.3, -0.25) is 0 Å². The second kappa shape index (κ2) is 20.0. The minimum atomic E-state index is 0.609. The van der Waals surface area contributed by atoms with Gasteiger partial charge in [-0.25, -0.2) is 0 Å². The molecule has 1 rings (SSSR count). The third-order valence-electron chi connectivity index (χ3n) is 7.09. The van der Waals surface area contributed by atoms with Gasteiger partial charge in [-0.15, -0.1) is 0 Å². The van der Waals surface area contributed by atoms with Gasteiger partial charge in [0.1, 0.15) is 6.17 Å². The van der Waals surface area contributed by atoms with Crippen LogP contribution < -0.4 is 0 Å². The maximum Gasteiger partial charge on any atom is 0.101 e. The lowest BCUT2D eigenvalue weighted by Crippen LogP contribution is -2.42. The SMILES string of the molecule is CCCCCCCCCCCCCCCCN1C=CN(C(C)C)C1CCCCCCC. The van der Waals surface area contributed by atoms with Gasteiger partial charge in [-0.05, 0) is 33.1 Å². The highest BCUT2D eigenvalue weighted by Crippen LogP contribution is 2.24. The molecule has 1 heterocycles. The molecule has 0 aromatic heterocycles. The molecule has 2 nitrogen and oxygen atoms in total. The lowest BCUT2D eigenvalue weighted by molar-refractivity contribution is 0.114. The molecule has 1 unspecified atom stereocenters. The fraction of sp³-hybridized carbons (Fsp3) is 0.931. The van der Waals surface area contributed by atoms with Crippen LogP contribution >= 0.6 is 0 Å². The Balaban J connectivity index is 2.02. The number of unbranched alkanes of at least 4 members (excludes halogenated alkanes) is 17. The summed E-state index contributed by atoms with van der Waals surface area (Å²) in [6, 6.07) is 0.609. The molecule has 31 heavy (non-hydrogen) atoms. The first-order chi connectivity index (χ1) is 15.2. The molecule has 0 aromatic carbocycles. The van der Waals surface area contributed by atoms with E-state index in [1.165, 1.54) is 135 Å². The fourth-order valence-electron chi connectivity index (χ4n) is 5.01. The second-order valence-electron chi connectivity index (χ2n) is 10.4. The van der Waals surface area contributed by atoms with Crippen molar-refractivity contribution in [1.82, 2.24) is 9.80 Å². The minimum Gasteiger partial charge on any atom is -0.356 e. The van der Waals surface area contributed by atoms with Crippen molar-refractivity contribution < 1.29 is 0 Å². The third-order valence-corrected chi connectivity index (χ3v) is 7.09. The van der Waals surface area contributed by atoms with Crippen molar-refractivity contribution in [3.8, 4) is 0 Å². The molecule has 1 aliphatic rings. The molecule has 0 saturated heterocycles. The summed E-state index contributed by atoms with van der Waals surface area (Å²) in [7, 11) is 0. The van der Waals surface area contributed by atoms with E-state index in [0.717, 1.165) is 0 Å². The van der Waals surface area contributed by atoms with Gasteiger partial charge in [-0.1, -0.05) is 123 Å². The van der Waals surface area contributed by atoms with Crippen molar-refractivity contribution in [2.45, 2.75) is 168 Å². The van der Waals surface area contributed by atoms with Gasteiger partial charge >= 0.3 is 0 Å². The molecule has 0 radical (unpaired) electrons. The van der Waals surface area contributed by atoms with Crippen LogP contribution in [0.2, 0.25) is 0 Å². The molecule has 0 amide bonds. The number of hydrogen-bond donors (Lipinski definition) is 0. The lowest BCUT2D eigenvalue weighted by atomic mass is 10.0. The lowest BCUT2D eigenvalue weighted by Gasteiger charge is -2.35. The molecule has 184 valence electrons. The number of nitrogens with zero attached hydrogens (tertiary/aromatic N) is 2. The highest BCUT2D eigenvalue weighted by atomic mass is 15.4. The van der Waals surface area contributed by atoms with Gasteiger partial charge < -0.3 is 9.80 Å². The van der Waals surface area contributed by atoms with Gasteiger partial charge in [0, 0.05) is 25.0 Å². The predicted octanol–water partition coefficient (Wildman–Crippen LogP) is 9.65. The molecule has 1 aliphatic heterocycles. The maximum atomic E-state index is 2.64. The van der Waals surface area contributed by atoms with Crippen LogP contribution in [0, 0.1) is 0 Å². The van der Waals surface area contributed by atoms with Crippen LogP contribution in [0.15, 0.2) is 12.4 Å². The van der Waals surface area contributed by atoms with E-state index in [4.69, 9.17) is 0 Å². The van der Waals surface area contributed by atoms with Gasteiger partial charge in [0.15, 0.2) is 0 Å². The van der Waals surface area contributed by atoms with Crippen molar-refractivity contribution in [3.63, 3.8) is 0 Å². The Kier molecular flexibility index (Phi) is 18.3. The largest absolute Gasteiger partial charge is 0.356 e. The Hall–Kier alpha value is -0.660. The number of hydrogen-bond acceptors (Lipinski definition) is 2. The van der Waals surface area contributed by atoms with Crippen molar-refractivity contribution in [1.29, 1.82) is 0 Å². The summed E-state index contributed by atoms with van der Waals surface area (Å²) in [5.41, 5.74) is 0. The monoisotopic (exact) mass is 434 g/mol. The molecule has 1 atom stereocenters. The first kappa shape index (κ1) is 28.4. The van der Waals surface area contributed by atoms with E-state index in [9.17, 15) is 0 Å².